The number of nitrogens with zero attached hydrogens (tertiary/aromatic N) is 4. The highest BCUT2D eigenvalue weighted by atomic mass is 16.1. The van der Waals surface area contributed by atoms with Crippen molar-refractivity contribution in [3.63, 3.8) is 0 Å². The average molecular weight is 279 g/mol. The van der Waals surface area contributed by atoms with E-state index >= 15 is 0 Å². The highest BCUT2D eigenvalue weighted by Crippen LogP contribution is 2.10. The SMILES string of the molecule is O=C(Cc1ccc(-n2cnnn2)cc1)Nc1ccccc1. The van der Waals surface area contributed by atoms with Crippen molar-refractivity contribution in [2.75, 3.05) is 5.32 Å². The molecule has 6 heteroatoms. The molecule has 21 heavy (non-hydrogen) atoms. The number of nitrogens with one attached hydrogen (secondary N) is 1. The number of anilines is 1. The topological polar surface area (TPSA) is 72.7 Å². The van der Waals surface area contributed by atoms with Crippen LogP contribution in [0.5, 0.6) is 0 Å². The highest BCUT2D eigenvalue weighted by molar-refractivity contribution is 5.92. The van der Waals surface area contributed by atoms with Crippen LogP contribution >= 0.6 is 0 Å². The summed E-state index contributed by atoms with van der Waals surface area (Å²) in [6, 6.07) is 16.9. The van der Waals surface area contributed by atoms with Gasteiger partial charge in [0.2, 0.25) is 5.91 Å². The van der Waals surface area contributed by atoms with E-state index in [9.17, 15) is 4.79 Å². The Morgan fingerprint density at radius 3 is 2.48 bits per heavy atom. The van der Waals surface area contributed by atoms with E-state index in [1.165, 1.54) is 6.33 Å². The van der Waals surface area contributed by atoms with Crippen LogP contribution in [0.3, 0.4) is 0 Å². The third kappa shape index (κ3) is 3.30. The van der Waals surface area contributed by atoms with Gasteiger partial charge in [-0.15, -0.1) is 5.10 Å². The number of amides is 1. The van der Waals surface area contributed by atoms with E-state index in [0.717, 1.165) is 16.9 Å². The Morgan fingerprint density at radius 2 is 1.81 bits per heavy atom. The van der Waals surface area contributed by atoms with E-state index in [4.69, 9.17) is 0 Å². The molecule has 0 radical (unpaired) electrons. The van der Waals surface area contributed by atoms with Crippen molar-refractivity contribution in [3.05, 3.63) is 66.5 Å². The number of hydrogen-bond donors (Lipinski definition) is 1. The number of para-hydroxylation sites is 1. The predicted molar refractivity (Wildman–Crippen MR) is 77.9 cm³/mol. The smallest absolute Gasteiger partial charge is 0.228 e. The number of aromatic nitrogens is 4. The van der Waals surface area contributed by atoms with Gasteiger partial charge in [-0.2, -0.15) is 0 Å². The van der Waals surface area contributed by atoms with E-state index in [-0.39, 0.29) is 5.91 Å². The molecule has 1 amide bonds. The predicted octanol–water partition coefficient (Wildman–Crippen LogP) is 1.84. The van der Waals surface area contributed by atoms with E-state index < -0.39 is 0 Å². The van der Waals surface area contributed by atoms with Crippen LogP contribution in [-0.4, -0.2) is 26.1 Å². The minimum absolute atomic E-state index is 0.0450. The number of carbonyl (C=O) groups is 1. The molecule has 0 saturated carbocycles. The molecule has 3 aromatic rings. The van der Waals surface area contributed by atoms with Crippen LogP contribution in [0, 0.1) is 0 Å². The Kier molecular flexibility index (Phi) is 3.68. The number of carbonyl (C=O) groups excluding carboxylic acids is 1. The standard InChI is InChI=1S/C15H13N5O/c21-15(17-13-4-2-1-3-5-13)10-12-6-8-14(9-7-12)20-11-16-18-19-20/h1-9,11H,10H2,(H,17,21). The first-order valence-electron chi connectivity index (χ1n) is 6.48. The number of benzene rings is 2. The molecule has 6 nitrogen and oxygen atoms in total. The molecular formula is C15H13N5O. The zero-order valence-electron chi connectivity index (χ0n) is 11.2. The average Bonchev–Trinajstić information content (AvgIpc) is 3.03. The Hall–Kier alpha value is -3.02. The molecule has 2 aromatic carbocycles. The van der Waals surface area contributed by atoms with Crippen molar-refractivity contribution in [1.29, 1.82) is 0 Å². The van der Waals surface area contributed by atoms with Gasteiger partial charge >= 0.3 is 0 Å². The Morgan fingerprint density at radius 1 is 1.05 bits per heavy atom. The molecule has 1 heterocycles. The number of tetrazole rings is 1. The lowest BCUT2D eigenvalue weighted by atomic mass is 10.1. The first-order valence-corrected chi connectivity index (χ1v) is 6.48. The van der Waals surface area contributed by atoms with Crippen LogP contribution in [0.2, 0.25) is 0 Å². The van der Waals surface area contributed by atoms with Crippen molar-refractivity contribution >= 4 is 11.6 Å². The Labute approximate surface area is 121 Å². The van der Waals surface area contributed by atoms with E-state index in [2.05, 4.69) is 20.8 Å². The van der Waals surface area contributed by atoms with Gasteiger partial charge in [0.1, 0.15) is 6.33 Å². The summed E-state index contributed by atoms with van der Waals surface area (Å²) in [4.78, 5) is 11.9. The molecule has 1 aromatic heterocycles. The molecule has 104 valence electrons. The van der Waals surface area contributed by atoms with Crippen molar-refractivity contribution < 1.29 is 4.79 Å². The van der Waals surface area contributed by atoms with Gasteiger partial charge in [0.05, 0.1) is 12.1 Å². The lowest BCUT2D eigenvalue weighted by Crippen LogP contribution is -2.14. The largest absolute Gasteiger partial charge is 0.326 e. The van der Waals surface area contributed by atoms with Crippen LogP contribution < -0.4 is 5.32 Å². The van der Waals surface area contributed by atoms with Crippen LogP contribution in [0.4, 0.5) is 5.69 Å². The molecule has 0 aliphatic heterocycles. The maximum Gasteiger partial charge on any atom is 0.228 e. The minimum Gasteiger partial charge on any atom is -0.326 e. The van der Waals surface area contributed by atoms with E-state index in [1.807, 2.05) is 54.6 Å². The fourth-order valence-electron chi connectivity index (χ4n) is 1.96. The monoisotopic (exact) mass is 279 g/mol. The van der Waals surface area contributed by atoms with Gasteiger partial charge in [0, 0.05) is 5.69 Å². The fraction of sp³-hybridized carbons (Fsp3) is 0.0667. The van der Waals surface area contributed by atoms with Gasteiger partial charge in [-0.05, 0) is 40.3 Å². The van der Waals surface area contributed by atoms with E-state index in [1.54, 1.807) is 4.68 Å². The molecule has 0 atom stereocenters. The summed E-state index contributed by atoms with van der Waals surface area (Å²) in [6.07, 6.45) is 1.85. The van der Waals surface area contributed by atoms with Gasteiger partial charge in [-0.1, -0.05) is 30.3 Å². The first kappa shape index (κ1) is 13.0. The second-order valence-electron chi connectivity index (χ2n) is 4.51. The molecule has 1 N–H and O–H groups in total. The van der Waals surface area contributed by atoms with Gasteiger partial charge < -0.3 is 5.32 Å². The Balaban J connectivity index is 1.64. The third-order valence-corrected chi connectivity index (χ3v) is 2.97. The summed E-state index contributed by atoms with van der Waals surface area (Å²) >= 11 is 0. The fourth-order valence-corrected chi connectivity index (χ4v) is 1.96. The molecule has 0 fully saturated rings. The van der Waals surface area contributed by atoms with Gasteiger partial charge in [-0.25, -0.2) is 4.68 Å². The van der Waals surface area contributed by atoms with Gasteiger partial charge in [-0.3, -0.25) is 4.79 Å². The summed E-state index contributed by atoms with van der Waals surface area (Å²) < 4.78 is 1.56. The Bertz CT molecular complexity index is 708. The van der Waals surface area contributed by atoms with Crippen molar-refractivity contribution in [1.82, 2.24) is 20.2 Å². The zero-order valence-corrected chi connectivity index (χ0v) is 11.2. The summed E-state index contributed by atoms with van der Waals surface area (Å²) in [5, 5.41) is 13.8. The number of rotatable bonds is 4. The first-order chi connectivity index (χ1) is 10.3. The van der Waals surface area contributed by atoms with Crippen LogP contribution in [-0.2, 0) is 11.2 Å². The maximum absolute atomic E-state index is 11.9. The molecule has 0 aliphatic carbocycles. The summed E-state index contributed by atoms with van der Waals surface area (Å²) in [5.41, 5.74) is 2.58. The lowest BCUT2D eigenvalue weighted by Gasteiger charge is -2.06. The molecule has 0 saturated heterocycles. The molecule has 0 aliphatic rings. The molecular weight excluding hydrogens is 266 g/mol. The second-order valence-corrected chi connectivity index (χ2v) is 4.51. The second kappa shape index (κ2) is 5.96. The summed E-state index contributed by atoms with van der Waals surface area (Å²) in [7, 11) is 0. The van der Waals surface area contributed by atoms with Gasteiger partial charge in [0.15, 0.2) is 0 Å². The van der Waals surface area contributed by atoms with Crippen molar-refractivity contribution in [2.45, 2.75) is 6.42 Å². The quantitative estimate of drug-likeness (QED) is 0.791. The summed E-state index contributed by atoms with van der Waals surface area (Å²) in [6.45, 7) is 0. The molecule has 3 rings (SSSR count). The van der Waals surface area contributed by atoms with Crippen LogP contribution in [0.15, 0.2) is 60.9 Å². The lowest BCUT2D eigenvalue weighted by molar-refractivity contribution is -0.115. The molecule has 0 spiro atoms. The van der Waals surface area contributed by atoms with E-state index in [0.29, 0.717) is 6.42 Å². The van der Waals surface area contributed by atoms with Gasteiger partial charge in [0.25, 0.3) is 0 Å². The summed E-state index contributed by atoms with van der Waals surface area (Å²) in [5.74, 6) is -0.0450. The normalized spacial score (nSPS) is 10.3. The maximum atomic E-state index is 11.9. The molecule has 0 unspecified atom stereocenters. The minimum atomic E-state index is -0.0450. The molecule has 0 bridgehead atoms. The van der Waals surface area contributed by atoms with Crippen molar-refractivity contribution in [3.8, 4) is 5.69 Å². The van der Waals surface area contributed by atoms with Crippen LogP contribution in [0.25, 0.3) is 5.69 Å². The highest BCUT2D eigenvalue weighted by Gasteiger charge is 2.05. The number of hydrogen-bond acceptors (Lipinski definition) is 4. The van der Waals surface area contributed by atoms with Crippen molar-refractivity contribution in [2.24, 2.45) is 0 Å². The third-order valence-electron chi connectivity index (χ3n) is 2.97. The zero-order chi connectivity index (χ0) is 14.5. The van der Waals surface area contributed by atoms with Crippen LogP contribution in [0.1, 0.15) is 5.56 Å².